The van der Waals surface area contributed by atoms with E-state index in [-0.39, 0.29) is 22.1 Å². The third-order valence-electron chi connectivity index (χ3n) is 4.44. The summed E-state index contributed by atoms with van der Waals surface area (Å²) in [4.78, 5) is 26.0. The number of nitrogens with one attached hydrogen (secondary N) is 2. The van der Waals surface area contributed by atoms with Crippen molar-refractivity contribution in [1.82, 2.24) is 0 Å². The summed E-state index contributed by atoms with van der Waals surface area (Å²) in [7, 11) is 0. The molecule has 4 nitrogen and oxygen atoms in total. The van der Waals surface area contributed by atoms with Gasteiger partial charge in [0, 0.05) is 21.3 Å². The summed E-state index contributed by atoms with van der Waals surface area (Å²) in [6.45, 7) is 5.84. The monoisotopic (exact) mass is 472 g/mol. The van der Waals surface area contributed by atoms with Crippen molar-refractivity contribution in [2.75, 3.05) is 10.6 Å². The molecule has 0 radical (unpaired) electrons. The predicted octanol–water partition coefficient (Wildman–Crippen LogP) is 6.98. The average Bonchev–Trinajstić information content (AvgIpc) is 2.67. The molecule has 1 atom stereocenters. The van der Waals surface area contributed by atoms with Crippen molar-refractivity contribution in [2.45, 2.75) is 30.9 Å². The van der Waals surface area contributed by atoms with E-state index in [0.717, 1.165) is 21.7 Å². The van der Waals surface area contributed by atoms with Crippen LogP contribution >= 0.6 is 35.0 Å². The van der Waals surface area contributed by atoms with Crippen LogP contribution in [0.3, 0.4) is 0 Å². The Balaban J connectivity index is 1.65. The molecule has 0 saturated carbocycles. The highest BCUT2D eigenvalue weighted by Crippen LogP contribution is 2.28. The molecule has 160 valence electrons. The van der Waals surface area contributed by atoms with Crippen LogP contribution < -0.4 is 10.6 Å². The van der Waals surface area contributed by atoms with Crippen LogP contribution in [0.25, 0.3) is 0 Å². The highest BCUT2D eigenvalue weighted by atomic mass is 35.5. The van der Waals surface area contributed by atoms with Crippen molar-refractivity contribution in [2.24, 2.45) is 0 Å². The Hall–Kier alpha value is -2.47. The van der Waals surface area contributed by atoms with Gasteiger partial charge in [-0.05, 0) is 80.4 Å². The quantitative estimate of drug-likeness (QED) is 0.380. The van der Waals surface area contributed by atoms with Crippen molar-refractivity contribution in [1.29, 1.82) is 0 Å². The number of rotatable bonds is 6. The number of carbonyl (C=O) groups is 2. The standard InChI is InChI=1S/C24H22Cl2N2O2S/c1-14-9-15(2)11-19(10-14)28-23(29)16(3)31-20-6-4-5-18(13-20)27-24(30)21-8-7-17(25)12-22(21)26/h4-13,16H,1-3H3,(H,27,30)(H,28,29). The first kappa shape index (κ1) is 23.2. The van der Waals surface area contributed by atoms with E-state index in [1.54, 1.807) is 18.2 Å². The zero-order chi connectivity index (χ0) is 22.5. The van der Waals surface area contributed by atoms with Gasteiger partial charge in [-0.3, -0.25) is 9.59 Å². The lowest BCUT2D eigenvalue weighted by molar-refractivity contribution is -0.115. The Bertz CT molecular complexity index is 1110. The van der Waals surface area contributed by atoms with Crippen LogP contribution in [0.2, 0.25) is 10.0 Å². The zero-order valence-electron chi connectivity index (χ0n) is 17.3. The Morgan fingerprint density at radius 1 is 0.871 bits per heavy atom. The van der Waals surface area contributed by atoms with Gasteiger partial charge in [-0.15, -0.1) is 11.8 Å². The first-order valence-electron chi connectivity index (χ1n) is 9.63. The van der Waals surface area contributed by atoms with E-state index in [2.05, 4.69) is 16.7 Å². The molecule has 3 aromatic carbocycles. The minimum atomic E-state index is -0.329. The molecule has 0 heterocycles. The third-order valence-corrected chi connectivity index (χ3v) is 6.08. The topological polar surface area (TPSA) is 58.2 Å². The van der Waals surface area contributed by atoms with Gasteiger partial charge >= 0.3 is 0 Å². The summed E-state index contributed by atoms with van der Waals surface area (Å²) in [5, 5.41) is 6.23. The van der Waals surface area contributed by atoms with Crippen LogP contribution in [0.5, 0.6) is 0 Å². The lowest BCUT2D eigenvalue weighted by atomic mass is 10.1. The van der Waals surface area contributed by atoms with Gasteiger partial charge in [0.1, 0.15) is 0 Å². The first-order valence-corrected chi connectivity index (χ1v) is 11.3. The van der Waals surface area contributed by atoms with Gasteiger partial charge in [0.25, 0.3) is 5.91 Å². The summed E-state index contributed by atoms with van der Waals surface area (Å²) in [5.41, 5.74) is 3.93. The molecule has 0 fully saturated rings. The van der Waals surface area contributed by atoms with Crippen molar-refractivity contribution >= 4 is 58.2 Å². The molecule has 1 unspecified atom stereocenters. The summed E-state index contributed by atoms with van der Waals surface area (Å²) < 4.78 is 0. The molecule has 0 aliphatic carbocycles. The number of carbonyl (C=O) groups excluding carboxylic acids is 2. The van der Waals surface area contributed by atoms with E-state index < -0.39 is 0 Å². The average molecular weight is 473 g/mol. The minimum Gasteiger partial charge on any atom is -0.325 e. The first-order chi connectivity index (χ1) is 14.7. The number of anilines is 2. The van der Waals surface area contributed by atoms with Crippen molar-refractivity contribution < 1.29 is 9.59 Å². The Morgan fingerprint density at radius 2 is 1.58 bits per heavy atom. The fourth-order valence-electron chi connectivity index (χ4n) is 3.07. The molecule has 0 saturated heterocycles. The molecule has 7 heteroatoms. The largest absolute Gasteiger partial charge is 0.325 e. The normalized spacial score (nSPS) is 11.6. The molecule has 2 N–H and O–H groups in total. The summed E-state index contributed by atoms with van der Waals surface area (Å²) in [5.74, 6) is -0.415. The van der Waals surface area contributed by atoms with E-state index in [4.69, 9.17) is 23.2 Å². The molecule has 0 aliphatic rings. The van der Waals surface area contributed by atoms with Crippen molar-refractivity contribution in [3.05, 3.63) is 87.4 Å². The fraction of sp³-hybridized carbons (Fsp3) is 0.167. The van der Waals surface area contributed by atoms with Gasteiger partial charge in [0.05, 0.1) is 15.8 Å². The molecular weight excluding hydrogens is 451 g/mol. The van der Waals surface area contributed by atoms with Gasteiger partial charge < -0.3 is 10.6 Å². The fourth-order valence-corrected chi connectivity index (χ4v) is 4.49. The second-order valence-electron chi connectivity index (χ2n) is 7.23. The molecule has 0 bridgehead atoms. The number of thioether (sulfide) groups is 1. The van der Waals surface area contributed by atoms with Crippen molar-refractivity contribution in [3.63, 3.8) is 0 Å². The van der Waals surface area contributed by atoms with Crippen LogP contribution in [0.1, 0.15) is 28.4 Å². The smallest absolute Gasteiger partial charge is 0.257 e. The van der Waals surface area contributed by atoms with E-state index in [1.807, 2.05) is 51.1 Å². The van der Waals surface area contributed by atoms with Crippen LogP contribution in [-0.4, -0.2) is 17.1 Å². The van der Waals surface area contributed by atoms with Crippen LogP contribution in [-0.2, 0) is 4.79 Å². The minimum absolute atomic E-state index is 0.0858. The second-order valence-corrected chi connectivity index (χ2v) is 9.49. The highest BCUT2D eigenvalue weighted by Gasteiger charge is 2.16. The molecule has 31 heavy (non-hydrogen) atoms. The third kappa shape index (κ3) is 6.50. The number of hydrogen-bond acceptors (Lipinski definition) is 3. The lowest BCUT2D eigenvalue weighted by Crippen LogP contribution is -2.22. The van der Waals surface area contributed by atoms with Crippen molar-refractivity contribution in [3.8, 4) is 0 Å². The van der Waals surface area contributed by atoms with E-state index in [1.165, 1.54) is 17.8 Å². The van der Waals surface area contributed by atoms with E-state index >= 15 is 0 Å². The molecule has 3 rings (SSSR count). The number of halogens is 2. The number of hydrogen-bond donors (Lipinski definition) is 2. The second kappa shape index (κ2) is 10.2. The number of amides is 2. The molecule has 3 aromatic rings. The van der Waals surface area contributed by atoms with Gasteiger partial charge in [0.2, 0.25) is 5.91 Å². The van der Waals surface area contributed by atoms with Gasteiger partial charge in [0.15, 0.2) is 0 Å². The van der Waals surface area contributed by atoms with E-state index in [0.29, 0.717) is 16.3 Å². The highest BCUT2D eigenvalue weighted by molar-refractivity contribution is 8.00. The molecule has 2 amide bonds. The number of aryl methyl sites for hydroxylation is 2. The van der Waals surface area contributed by atoms with Gasteiger partial charge in [-0.25, -0.2) is 0 Å². The van der Waals surface area contributed by atoms with E-state index in [9.17, 15) is 9.59 Å². The maximum absolute atomic E-state index is 12.6. The number of benzene rings is 3. The maximum Gasteiger partial charge on any atom is 0.257 e. The zero-order valence-corrected chi connectivity index (χ0v) is 19.7. The molecule has 0 spiro atoms. The summed E-state index contributed by atoms with van der Waals surface area (Å²) in [6, 6.07) is 18.0. The van der Waals surface area contributed by atoms with Crippen LogP contribution in [0, 0.1) is 13.8 Å². The Morgan fingerprint density at radius 3 is 2.26 bits per heavy atom. The lowest BCUT2D eigenvalue weighted by Gasteiger charge is -2.14. The molecule has 0 aromatic heterocycles. The SMILES string of the molecule is Cc1cc(C)cc(NC(=O)C(C)Sc2cccc(NC(=O)c3ccc(Cl)cc3Cl)c2)c1. The maximum atomic E-state index is 12.6. The molecule has 0 aliphatic heterocycles. The Labute approximate surface area is 196 Å². The summed E-state index contributed by atoms with van der Waals surface area (Å²) in [6.07, 6.45) is 0. The van der Waals surface area contributed by atoms with Gasteiger partial charge in [-0.1, -0.05) is 35.3 Å². The molecular formula is C24H22Cl2N2O2S. The van der Waals surface area contributed by atoms with Crippen LogP contribution in [0.15, 0.2) is 65.6 Å². The van der Waals surface area contributed by atoms with Gasteiger partial charge in [-0.2, -0.15) is 0 Å². The summed E-state index contributed by atoms with van der Waals surface area (Å²) >= 11 is 13.4. The van der Waals surface area contributed by atoms with Crippen LogP contribution in [0.4, 0.5) is 11.4 Å². The predicted molar refractivity (Wildman–Crippen MR) is 131 cm³/mol. The Kier molecular flexibility index (Phi) is 7.65.